The molecule has 2 rings (SSSR count). The second-order valence-corrected chi connectivity index (χ2v) is 6.01. The van der Waals surface area contributed by atoms with Crippen molar-refractivity contribution < 1.29 is 4.74 Å². The van der Waals surface area contributed by atoms with Gasteiger partial charge in [0.15, 0.2) is 0 Å². The first-order valence-electron chi connectivity index (χ1n) is 8.25. The van der Waals surface area contributed by atoms with E-state index in [1.165, 1.54) is 43.2 Å². The van der Waals surface area contributed by atoms with Crippen molar-refractivity contribution in [2.45, 2.75) is 70.8 Å². The highest BCUT2D eigenvalue weighted by atomic mass is 35.5. The molecule has 2 N–H and O–H groups in total. The Morgan fingerprint density at radius 1 is 1.19 bits per heavy atom. The molecular formula is C18H30ClNO. The molecule has 0 aromatic heterocycles. The lowest BCUT2D eigenvalue weighted by atomic mass is 9.83. The highest BCUT2D eigenvalue weighted by Gasteiger charge is 2.17. The zero-order valence-corrected chi connectivity index (χ0v) is 14.3. The summed E-state index contributed by atoms with van der Waals surface area (Å²) in [7, 11) is 0. The molecule has 0 bridgehead atoms. The predicted molar refractivity (Wildman–Crippen MR) is 92.7 cm³/mol. The summed E-state index contributed by atoms with van der Waals surface area (Å²) < 4.78 is 5.77. The lowest BCUT2D eigenvalue weighted by Crippen LogP contribution is -2.22. The molecule has 0 amide bonds. The maximum Gasteiger partial charge on any atom is 0.122 e. The van der Waals surface area contributed by atoms with Crippen LogP contribution in [0.5, 0.6) is 5.75 Å². The number of benzene rings is 1. The van der Waals surface area contributed by atoms with Crippen LogP contribution in [0.1, 0.15) is 69.4 Å². The van der Waals surface area contributed by atoms with Gasteiger partial charge in [0, 0.05) is 6.04 Å². The molecule has 1 saturated carbocycles. The van der Waals surface area contributed by atoms with E-state index in [4.69, 9.17) is 10.5 Å². The van der Waals surface area contributed by atoms with Gasteiger partial charge in [0.1, 0.15) is 5.75 Å². The van der Waals surface area contributed by atoms with Crippen LogP contribution in [0.3, 0.4) is 0 Å². The molecule has 1 aliphatic carbocycles. The summed E-state index contributed by atoms with van der Waals surface area (Å²) in [4.78, 5) is 0. The largest absolute Gasteiger partial charge is 0.494 e. The van der Waals surface area contributed by atoms with E-state index in [2.05, 4.69) is 25.1 Å². The van der Waals surface area contributed by atoms with Crippen LogP contribution in [-0.4, -0.2) is 12.6 Å². The fourth-order valence-corrected chi connectivity index (χ4v) is 3.17. The van der Waals surface area contributed by atoms with Crippen molar-refractivity contribution in [2.75, 3.05) is 6.61 Å². The molecule has 21 heavy (non-hydrogen) atoms. The Bertz CT molecular complexity index is 416. The molecule has 2 nitrogen and oxygen atoms in total. The quantitative estimate of drug-likeness (QED) is 0.816. The summed E-state index contributed by atoms with van der Waals surface area (Å²) in [6.07, 6.45) is 8.77. The van der Waals surface area contributed by atoms with Crippen LogP contribution < -0.4 is 10.5 Å². The van der Waals surface area contributed by atoms with Gasteiger partial charge in [-0.05, 0) is 55.7 Å². The Morgan fingerprint density at radius 2 is 1.90 bits per heavy atom. The van der Waals surface area contributed by atoms with Gasteiger partial charge in [-0.2, -0.15) is 0 Å². The van der Waals surface area contributed by atoms with E-state index < -0.39 is 0 Å². The Kier molecular flexibility index (Phi) is 8.13. The SMILES string of the molecule is CCOc1ccc(C2CCCCC2)cc1CC(N)CC.Cl. The summed E-state index contributed by atoms with van der Waals surface area (Å²) in [5.74, 6) is 1.77. The summed E-state index contributed by atoms with van der Waals surface area (Å²) in [5, 5.41) is 0. The number of ether oxygens (including phenoxy) is 1. The van der Waals surface area contributed by atoms with Crippen LogP contribution in [0, 0.1) is 0 Å². The molecule has 120 valence electrons. The molecule has 1 atom stereocenters. The molecule has 1 aliphatic rings. The third kappa shape index (κ3) is 5.19. The van der Waals surface area contributed by atoms with Crippen LogP contribution in [0.15, 0.2) is 18.2 Å². The molecule has 1 fully saturated rings. The second kappa shape index (κ2) is 9.32. The van der Waals surface area contributed by atoms with E-state index in [-0.39, 0.29) is 18.4 Å². The van der Waals surface area contributed by atoms with Crippen LogP contribution in [0.4, 0.5) is 0 Å². The van der Waals surface area contributed by atoms with Crippen LogP contribution in [0.2, 0.25) is 0 Å². The van der Waals surface area contributed by atoms with Crippen molar-refractivity contribution in [1.82, 2.24) is 0 Å². The maximum atomic E-state index is 6.14. The van der Waals surface area contributed by atoms with Gasteiger partial charge in [-0.1, -0.05) is 38.3 Å². The first-order valence-corrected chi connectivity index (χ1v) is 8.25. The summed E-state index contributed by atoms with van der Waals surface area (Å²) >= 11 is 0. The van der Waals surface area contributed by atoms with E-state index in [1.807, 2.05) is 6.92 Å². The van der Waals surface area contributed by atoms with Crippen molar-refractivity contribution >= 4 is 12.4 Å². The Hall–Kier alpha value is -0.730. The van der Waals surface area contributed by atoms with Gasteiger partial charge >= 0.3 is 0 Å². The number of rotatable bonds is 6. The molecule has 1 aromatic rings. The minimum Gasteiger partial charge on any atom is -0.494 e. The van der Waals surface area contributed by atoms with Crippen molar-refractivity contribution in [3.8, 4) is 5.75 Å². The van der Waals surface area contributed by atoms with Crippen LogP contribution >= 0.6 is 12.4 Å². The summed E-state index contributed by atoms with van der Waals surface area (Å²) in [6.45, 7) is 4.91. The van der Waals surface area contributed by atoms with Crippen molar-refractivity contribution in [1.29, 1.82) is 0 Å². The van der Waals surface area contributed by atoms with E-state index in [9.17, 15) is 0 Å². The minimum absolute atomic E-state index is 0. The molecule has 1 unspecified atom stereocenters. The fraction of sp³-hybridized carbons (Fsp3) is 0.667. The van der Waals surface area contributed by atoms with Gasteiger partial charge in [0.05, 0.1) is 6.61 Å². The van der Waals surface area contributed by atoms with E-state index in [0.29, 0.717) is 0 Å². The van der Waals surface area contributed by atoms with Crippen LogP contribution in [-0.2, 0) is 6.42 Å². The third-order valence-corrected chi connectivity index (χ3v) is 4.47. The first-order chi connectivity index (χ1) is 9.74. The van der Waals surface area contributed by atoms with Crippen molar-refractivity contribution in [3.05, 3.63) is 29.3 Å². The highest BCUT2D eigenvalue weighted by Crippen LogP contribution is 2.35. The lowest BCUT2D eigenvalue weighted by Gasteiger charge is -2.23. The average molecular weight is 312 g/mol. The standard InChI is InChI=1S/C18H29NO.ClH/c1-3-17(19)13-16-12-15(10-11-18(16)20-4-2)14-8-6-5-7-9-14;/h10-12,14,17H,3-9,13,19H2,1-2H3;1H. The summed E-state index contributed by atoms with van der Waals surface area (Å²) in [6, 6.07) is 7.01. The third-order valence-electron chi connectivity index (χ3n) is 4.47. The maximum absolute atomic E-state index is 6.14. The Labute approximate surface area is 135 Å². The molecule has 0 saturated heterocycles. The average Bonchev–Trinajstić information content (AvgIpc) is 2.50. The smallest absolute Gasteiger partial charge is 0.122 e. The van der Waals surface area contributed by atoms with Gasteiger partial charge in [0.25, 0.3) is 0 Å². The van der Waals surface area contributed by atoms with Gasteiger partial charge < -0.3 is 10.5 Å². The molecule has 0 radical (unpaired) electrons. The van der Waals surface area contributed by atoms with Crippen LogP contribution in [0.25, 0.3) is 0 Å². The van der Waals surface area contributed by atoms with E-state index in [1.54, 1.807) is 0 Å². The molecule has 0 aliphatic heterocycles. The number of hydrogen-bond donors (Lipinski definition) is 1. The topological polar surface area (TPSA) is 35.2 Å². The van der Waals surface area contributed by atoms with Gasteiger partial charge in [0.2, 0.25) is 0 Å². The Morgan fingerprint density at radius 3 is 2.52 bits per heavy atom. The molecule has 0 spiro atoms. The fourth-order valence-electron chi connectivity index (χ4n) is 3.17. The molecule has 1 aromatic carbocycles. The molecule has 3 heteroatoms. The number of nitrogens with two attached hydrogens (primary N) is 1. The van der Waals surface area contributed by atoms with Gasteiger partial charge in [-0.25, -0.2) is 0 Å². The highest BCUT2D eigenvalue weighted by molar-refractivity contribution is 5.85. The first kappa shape index (κ1) is 18.3. The van der Waals surface area contributed by atoms with Gasteiger partial charge in [-0.15, -0.1) is 12.4 Å². The normalized spacial score (nSPS) is 17.1. The zero-order chi connectivity index (χ0) is 14.4. The molecule has 0 heterocycles. The lowest BCUT2D eigenvalue weighted by molar-refractivity contribution is 0.335. The van der Waals surface area contributed by atoms with Crippen molar-refractivity contribution in [3.63, 3.8) is 0 Å². The zero-order valence-electron chi connectivity index (χ0n) is 13.4. The van der Waals surface area contributed by atoms with Gasteiger partial charge in [-0.3, -0.25) is 0 Å². The molecular weight excluding hydrogens is 282 g/mol. The van der Waals surface area contributed by atoms with E-state index >= 15 is 0 Å². The minimum atomic E-state index is 0. The second-order valence-electron chi connectivity index (χ2n) is 6.01. The van der Waals surface area contributed by atoms with Crippen molar-refractivity contribution in [2.24, 2.45) is 5.73 Å². The number of hydrogen-bond acceptors (Lipinski definition) is 2. The number of halogens is 1. The predicted octanol–water partition coefficient (Wildman–Crippen LogP) is 4.83. The van der Waals surface area contributed by atoms with E-state index in [0.717, 1.165) is 31.1 Å². The summed E-state index contributed by atoms with van der Waals surface area (Å²) in [5.41, 5.74) is 8.93. The monoisotopic (exact) mass is 311 g/mol. The Balaban J connectivity index is 0.00000220.